The number of hydrogen-bond acceptors (Lipinski definition) is 5. The Morgan fingerprint density at radius 1 is 1.32 bits per heavy atom. The van der Waals surface area contributed by atoms with Crippen LogP contribution in [0.4, 0.5) is 0 Å². The fourth-order valence-corrected chi connectivity index (χ4v) is 3.17. The SMILES string of the molecule is CSc1nnc(CN=C(N)N2CCCCCC2)s1.I. The van der Waals surface area contributed by atoms with E-state index in [1.54, 1.807) is 23.1 Å². The van der Waals surface area contributed by atoms with Gasteiger partial charge in [-0.2, -0.15) is 0 Å². The van der Waals surface area contributed by atoms with Crippen LogP contribution in [0.5, 0.6) is 0 Å². The lowest BCUT2D eigenvalue weighted by molar-refractivity contribution is 0.428. The van der Waals surface area contributed by atoms with Crippen LogP contribution in [0.15, 0.2) is 9.33 Å². The highest BCUT2D eigenvalue weighted by atomic mass is 127. The number of hydrogen-bond donors (Lipinski definition) is 1. The third-order valence-electron chi connectivity index (χ3n) is 2.93. The van der Waals surface area contributed by atoms with Gasteiger partial charge in [-0.15, -0.1) is 34.2 Å². The van der Waals surface area contributed by atoms with Crippen molar-refractivity contribution in [3.05, 3.63) is 5.01 Å². The molecule has 19 heavy (non-hydrogen) atoms. The number of nitrogens with two attached hydrogens (primary N) is 1. The van der Waals surface area contributed by atoms with Crippen molar-refractivity contribution in [3.8, 4) is 0 Å². The Kier molecular flexibility index (Phi) is 8.00. The number of aliphatic imine (C=N–C) groups is 1. The minimum atomic E-state index is 0. The first-order chi connectivity index (χ1) is 8.79. The van der Waals surface area contributed by atoms with Crippen molar-refractivity contribution in [2.45, 2.75) is 36.6 Å². The van der Waals surface area contributed by atoms with E-state index >= 15 is 0 Å². The van der Waals surface area contributed by atoms with Crippen molar-refractivity contribution in [3.63, 3.8) is 0 Å². The summed E-state index contributed by atoms with van der Waals surface area (Å²) in [6.07, 6.45) is 7.03. The fraction of sp³-hybridized carbons (Fsp3) is 0.727. The summed E-state index contributed by atoms with van der Waals surface area (Å²) in [5, 5.41) is 9.06. The molecule has 5 nitrogen and oxygen atoms in total. The van der Waals surface area contributed by atoms with E-state index in [1.807, 2.05) is 6.26 Å². The van der Waals surface area contributed by atoms with E-state index in [0.717, 1.165) is 22.4 Å². The monoisotopic (exact) mass is 413 g/mol. The Morgan fingerprint density at radius 3 is 2.58 bits per heavy atom. The van der Waals surface area contributed by atoms with Crippen LogP contribution < -0.4 is 5.73 Å². The van der Waals surface area contributed by atoms with Crippen LogP contribution in [0.1, 0.15) is 30.7 Å². The summed E-state index contributed by atoms with van der Waals surface area (Å²) in [5.41, 5.74) is 6.03. The summed E-state index contributed by atoms with van der Waals surface area (Å²) < 4.78 is 0.980. The summed E-state index contributed by atoms with van der Waals surface area (Å²) in [5.74, 6) is 0.651. The van der Waals surface area contributed by atoms with E-state index in [2.05, 4.69) is 20.1 Å². The third kappa shape index (κ3) is 5.42. The van der Waals surface area contributed by atoms with E-state index in [-0.39, 0.29) is 24.0 Å². The van der Waals surface area contributed by atoms with E-state index in [0.29, 0.717) is 12.5 Å². The van der Waals surface area contributed by atoms with E-state index in [1.165, 1.54) is 25.7 Å². The quantitative estimate of drug-likeness (QED) is 0.357. The lowest BCUT2D eigenvalue weighted by Gasteiger charge is -2.20. The van der Waals surface area contributed by atoms with Gasteiger partial charge in [0.2, 0.25) is 0 Å². The Morgan fingerprint density at radius 2 is 2.00 bits per heavy atom. The van der Waals surface area contributed by atoms with Gasteiger partial charge in [0.05, 0.1) is 6.54 Å². The molecule has 1 fully saturated rings. The van der Waals surface area contributed by atoms with Gasteiger partial charge in [0.1, 0.15) is 5.01 Å². The van der Waals surface area contributed by atoms with Crippen molar-refractivity contribution in [1.82, 2.24) is 15.1 Å². The topological polar surface area (TPSA) is 67.4 Å². The molecule has 2 rings (SSSR count). The van der Waals surface area contributed by atoms with Crippen LogP contribution in [0, 0.1) is 0 Å². The molecule has 2 N–H and O–H groups in total. The average molecular weight is 413 g/mol. The molecule has 0 radical (unpaired) electrons. The highest BCUT2D eigenvalue weighted by molar-refractivity contribution is 14.0. The second-order valence-electron chi connectivity index (χ2n) is 4.24. The number of rotatable bonds is 3. The Balaban J connectivity index is 0.00000180. The van der Waals surface area contributed by atoms with Crippen molar-refractivity contribution in [2.75, 3.05) is 19.3 Å². The molecule has 2 heterocycles. The Labute approximate surface area is 139 Å². The van der Waals surface area contributed by atoms with Crippen molar-refractivity contribution < 1.29 is 0 Å². The molecule has 0 amide bonds. The molecular weight excluding hydrogens is 393 g/mol. The largest absolute Gasteiger partial charge is 0.370 e. The summed E-state index contributed by atoms with van der Waals surface area (Å²) >= 11 is 3.19. The second-order valence-corrected chi connectivity index (χ2v) is 6.36. The molecule has 1 aromatic heterocycles. The molecule has 1 aromatic rings. The van der Waals surface area contributed by atoms with Crippen LogP contribution in [0.25, 0.3) is 0 Å². The van der Waals surface area contributed by atoms with Gasteiger partial charge in [-0.1, -0.05) is 35.9 Å². The van der Waals surface area contributed by atoms with Gasteiger partial charge < -0.3 is 10.6 Å². The van der Waals surface area contributed by atoms with Gasteiger partial charge in [0.15, 0.2) is 10.3 Å². The van der Waals surface area contributed by atoms with Crippen LogP contribution in [-0.2, 0) is 6.54 Å². The van der Waals surface area contributed by atoms with Crippen LogP contribution in [-0.4, -0.2) is 40.4 Å². The molecule has 0 aromatic carbocycles. The highest BCUT2D eigenvalue weighted by Gasteiger charge is 2.11. The summed E-state index contributed by atoms with van der Waals surface area (Å²) in [6.45, 7) is 2.60. The maximum Gasteiger partial charge on any atom is 0.191 e. The van der Waals surface area contributed by atoms with Crippen molar-refractivity contribution >= 4 is 53.0 Å². The smallest absolute Gasteiger partial charge is 0.191 e. The average Bonchev–Trinajstić information content (AvgIpc) is 2.68. The minimum Gasteiger partial charge on any atom is -0.370 e. The number of nitrogens with zero attached hydrogens (tertiary/aromatic N) is 4. The standard InChI is InChI=1S/C11H19N5S2.HI/c1-17-11-15-14-9(18-11)8-13-10(12)16-6-4-2-3-5-7-16;/h2-8H2,1H3,(H2,12,13);1H. The predicted octanol–water partition coefficient (Wildman–Crippen LogP) is 2.57. The van der Waals surface area contributed by atoms with E-state index in [4.69, 9.17) is 5.73 Å². The number of thioether (sulfide) groups is 1. The summed E-state index contributed by atoms with van der Waals surface area (Å²) in [6, 6.07) is 0. The minimum absolute atomic E-state index is 0. The molecular formula is C11H20IN5S2. The first kappa shape index (κ1) is 17.0. The maximum absolute atomic E-state index is 6.03. The van der Waals surface area contributed by atoms with Crippen LogP contribution in [0.2, 0.25) is 0 Å². The number of aromatic nitrogens is 2. The van der Waals surface area contributed by atoms with Gasteiger partial charge in [-0.05, 0) is 19.1 Å². The van der Waals surface area contributed by atoms with Gasteiger partial charge >= 0.3 is 0 Å². The molecule has 1 aliphatic rings. The molecule has 0 saturated carbocycles. The third-order valence-corrected chi connectivity index (χ3v) is 4.81. The fourth-order valence-electron chi connectivity index (χ4n) is 1.93. The Bertz CT molecular complexity index is 402. The molecule has 0 aliphatic carbocycles. The molecule has 8 heteroatoms. The van der Waals surface area contributed by atoms with E-state index in [9.17, 15) is 0 Å². The van der Waals surface area contributed by atoms with Crippen LogP contribution >= 0.6 is 47.1 Å². The zero-order valence-electron chi connectivity index (χ0n) is 11.0. The first-order valence-corrected chi connectivity index (χ1v) is 8.25. The molecule has 0 spiro atoms. The molecule has 0 bridgehead atoms. The molecule has 1 aliphatic heterocycles. The number of guanidine groups is 1. The Hall–Kier alpha value is -0.0900. The zero-order valence-corrected chi connectivity index (χ0v) is 15.0. The van der Waals surface area contributed by atoms with Gasteiger partial charge in [0, 0.05) is 13.1 Å². The lowest BCUT2D eigenvalue weighted by Crippen LogP contribution is -2.38. The molecule has 0 unspecified atom stereocenters. The van der Waals surface area contributed by atoms with Gasteiger partial charge in [0.25, 0.3) is 0 Å². The highest BCUT2D eigenvalue weighted by Crippen LogP contribution is 2.20. The van der Waals surface area contributed by atoms with Gasteiger partial charge in [-0.3, -0.25) is 0 Å². The summed E-state index contributed by atoms with van der Waals surface area (Å²) in [4.78, 5) is 6.61. The summed E-state index contributed by atoms with van der Waals surface area (Å²) in [7, 11) is 0. The van der Waals surface area contributed by atoms with Crippen molar-refractivity contribution in [1.29, 1.82) is 0 Å². The molecule has 1 saturated heterocycles. The number of likely N-dealkylation sites (tertiary alicyclic amines) is 1. The molecule has 108 valence electrons. The van der Waals surface area contributed by atoms with E-state index < -0.39 is 0 Å². The van der Waals surface area contributed by atoms with Crippen molar-refractivity contribution in [2.24, 2.45) is 10.7 Å². The van der Waals surface area contributed by atoms with Gasteiger partial charge in [-0.25, -0.2) is 4.99 Å². The zero-order chi connectivity index (χ0) is 12.8. The predicted molar refractivity (Wildman–Crippen MR) is 92.5 cm³/mol. The first-order valence-electron chi connectivity index (χ1n) is 6.21. The maximum atomic E-state index is 6.03. The lowest BCUT2D eigenvalue weighted by atomic mass is 10.2. The second kappa shape index (κ2) is 8.96. The normalized spacial score (nSPS) is 16.9. The molecule has 0 atom stereocenters. The van der Waals surface area contributed by atoms with Crippen LogP contribution in [0.3, 0.4) is 0 Å². The number of halogens is 1.